The van der Waals surface area contributed by atoms with Crippen LogP contribution in [0.25, 0.3) is 0 Å². The van der Waals surface area contributed by atoms with Crippen LogP contribution in [0.5, 0.6) is 0 Å². The molecule has 1 saturated heterocycles. The summed E-state index contributed by atoms with van der Waals surface area (Å²) in [5.74, 6) is 0.878. The van der Waals surface area contributed by atoms with Crippen LogP contribution in [0.2, 0.25) is 0 Å². The molecule has 1 aliphatic heterocycles. The van der Waals surface area contributed by atoms with E-state index >= 15 is 0 Å². The summed E-state index contributed by atoms with van der Waals surface area (Å²) in [4.78, 5) is 12.2. The average molecular weight is 333 g/mol. The highest BCUT2D eigenvalue weighted by atomic mass is 35.5. The normalized spacial score (nSPS) is 19.6. The fraction of sp³-hybridized carbons (Fsp3) is 0.714. The number of hydrogen-bond donors (Lipinski definition) is 2. The minimum atomic E-state index is -0.0616. The number of nitrogens with zero attached hydrogens (tertiary/aromatic N) is 2. The topological polar surface area (TPSA) is 59.0 Å². The minimum absolute atomic E-state index is 0. The molecule has 2 unspecified atom stereocenters. The van der Waals surface area contributed by atoms with Crippen molar-refractivity contribution in [1.29, 1.82) is 0 Å². The van der Waals surface area contributed by atoms with E-state index in [4.69, 9.17) is 0 Å². The van der Waals surface area contributed by atoms with Gasteiger partial charge in [0.05, 0.1) is 6.04 Å². The Morgan fingerprint density at radius 2 is 2.48 bits per heavy atom. The predicted octanol–water partition coefficient (Wildman–Crippen LogP) is 2.10. The highest BCUT2D eigenvalue weighted by Gasteiger charge is 2.18. The number of aromatic nitrogens is 2. The van der Waals surface area contributed by atoms with Gasteiger partial charge in [0.2, 0.25) is 0 Å². The first kappa shape index (κ1) is 18.3. The van der Waals surface area contributed by atoms with Crippen molar-refractivity contribution in [2.24, 2.45) is 0 Å². The molecule has 1 aliphatic rings. The quantitative estimate of drug-likeness (QED) is 0.837. The number of rotatable bonds is 6. The molecule has 0 spiro atoms. The van der Waals surface area contributed by atoms with Gasteiger partial charge in [-0.3, -0.25) is 9.48 Å². The van der Waals surface area contributed by atoms with E-state index in [0.717, 1.165) is 38.1 Å². The van der Waals surface area contributed by atoms with E-state index in [-0.39, 0.29) is 24.4 Å². The van der Waals surface area contributed by atoms with E-state index in [9.17, 15) is 4.79 Å². The third-order valence-corrected chi connectivity index (χ3v) is 4.42. The van der Waals surface area contributed by atoms with Crippen molar-refractivity contribution in [3.05, 3.63) is 18.0 Å². The summed E-state index contributed by atoms with van der Waals surface area (Å²) >= 11 is 1.75. The Kier molecular flexibility index (Phi) is 8.14. The molecule has 120 valence electrons. The molecule has 0 aliphatic carbocycles. The monoisotopic (exact) mass is 332 g/mol. The molecule has 0 radical (unpaired) electrons. The molecule has 0 aromatic carbocycles. The lowest BCUT2D eigenvalue weighted by Crippen LogP contribution is -2.36. The third-order valence-electron chi connectivity index (χ3n) is 3.68. The number of amides is 1. The average Bonchev–Trinajstić information content (AvgIpc) is 2.97. The smallest absolute Gasteiger partial charge is 0.272 e. The molecule has 2 heterocycles. The summed E-state index contributed by atoms with van der Waals surface area (Å²) in [6.45, 7) is 4.11. The second-order valence-corrected chi connectivity index (χ2v) is 6.13. The molecule has 2 rings (SSSR count). The molecular formula is C14H25ClN4OS. The zero-order chi connectivity index (χ0) is 14.4. The fourth-order valence-corrected chi connectivity index (χ4v) is 3.17. The maximum absolute atomic E-state index is 12.2. The first-order valence-corrected chi connectivity index (χ1v) is 8.69. The van der Waals surface area contributed by atoms with Gasteiger partial charge in [0.25, 0.3) is 5.91 Å². The molecule has 1 aromatic rings. The van der Waals surface area contributed by atoms with Gasteiger partial charge < -0.3 is 10.6 Å². The first-order valence-electron chi connectivity index (χ1n) is 7.30. The zero-order valence-corrected chi connectivity index (χ0v) is 14.3. The lowest BCUT2D eigenvalue weighted by molar-refractivity contribution is 0.0933. The van der Waals surface area contributed by atoms with Gasteiger partial charge in [0.15, 0.2) is 0 Å². The van der Waals surface area contributed by atoms with Crippen molar-refractivity contribution in [1.82, 2.24) is 20.4 Å². The van der Waals surface area contributed by atoms with Crippen LogP contribution in [0, 0.1) is 0 Å². The van der Waals surface area contributed by atoms with Crippen molar-refractivity contribution in [3.63, 3.8) is 0 Å². The second kappa shape index (κ2) is 9.33. The molecule has 0 saturated carbocycles. The summed E-state index contributed by atoms with van der Waals surface area (Å²) in [7, 11) is 0. The summed E-state index contributed by atoms with van der Waals surface area (Å²) in [5.41, 5.74) is 0.523. The van der Waals surface area contributed by atoms with Crippen LogP contribution in [-0.2, 0) is 0 Å². The first-order chi connectivity index (χ1) is 9.74. The number of carbonyl (C=O) groups is 1. The molecule has 7 heteroatoms. The van der Waals surface area contributed by atoms with Crippen molar-refractivity contribution in [3.8, 4) is 0 Å². The standard InChI is InChI=1S/C14H24N4OS.ClH/c1-3-11(10-20-2)16-14(19)13-6-8-18(17-13)12-5-4-7-15-9-12;/h6,8,11-12,15H,3-5,7,9-10H2,1-2H3,(H,16,19);1H. The van der Waals surface area contributed by atoms with Crippen LogP contribution in [-0.4, -0.2) is 46.8 Å². The van der Waals surface area contributed by atoms with Crippen LogP contribution in [0.15, 0.2) is 12.3 Å². The highest BCUT2D eigenvalue weighted by molar-refractivity contribution is 7.98. The van der Waals surface area contributed by atoms with Gasteiger partial charge in [-0.15, -0.1) is 12.4 Å². The van der Waals surface area contributed by atoms with Crippen LogP contribution in [0.1, 0.15) is 42.7 Å². The largest absolute Gasteiger partial charge is 0.347 e. The maximum Gasteiger partial charge on any atom is 0.272 e. The second-order valence-electron chi connectivity index (χ2n) is 5.22. The van der Waals surface area contributed by atoms with Crippen molar-refractivity contribution in [2.75, 3.05) is 25.1 Å². The van der Waals surface area contributed by atoms with E-state index < -0.39 is 0 Å². The van der Waals surface area contributed by atoms with Gasteiger partial charge in [-0.2, -0.15) is 16.9 Å². The van der Waals surface area contributed by atoms with Crippen molar-refractivity contribution >= 4 is 30.1 Å². The Morgan fingerprint density at radius 3 is 3.10 bits per heavy atom. The summed E-state index contributed by atoms with van der Waals surface area (Å²) < 4.78 is 1.93. The number of thioether (sulfide) groups is 1. The summed E-state index contributed by atoms with van der Waals surface area (Å²) in [6.07, 6.45) is 7.21. The highest BCUT2D eigenvalue weighted by Crippen LogP contribution is 2.15. The fourth-order valence-electron chi connectivity index (χ4n) is 2.44. The Balaban J connectivity index is 0.00000220. The Morgan fingerprint density at radius 1 is 1.67 bits per heavy atom. The summed E-state index contributed by atoms with van der Waals surface area (Å²) in [6, 6.07) is 2.41. The summed E-state index contributed by atoms with van der Waals surface area (Å²) in [5, 5.41) is 10.9. The predicted molar refractivity (Wildman–Crippen MR) is 90.5 cm³/mol. The van der Waals surface area contributed by atoms with Gasteiger partial charge >= 0.3 is 0 Å². The van der Waals surface area contributed by atoms with Crippen LogP contribution in [0.3, 0.4) is 0 Å². The van der Waals surface area contributed by atoms with Gasteiger partial charge in [0, 0.05) is 24.5 Å². The van der Waals surface area contributed by atoms with Crippen LogP contribution >= 0.6 is 24.2 Å². The van der Waals surface area contributed by atoms with Crippen molar-refractivity contribution in [2.45, 2.75) is 38.3 Å². The number of piperidine rings is 1. The van der Waals surface area contributed by atoms with Gasteiger partial charge in [0.1, 0.15) is 5.69 Å². The molecular weight excluding hydrogens is 308 g/mol. The Bertz CT molecular complexity index is 434. The van der Waals surface area contributed by atoms with E-state index in [0.29, 0.717) is 11.7 Å². The maximum atomic E-state index is 12.2. The number of carbonyl (C=O) groups excluding carboxylic acids is 1. The van der Waals surface area contributed by atoms with Crippen LogP contribution in [0.4, 0.5) is 0 Å². The molecule has 21 heavy (non-hydrogen) atoms. The molecule has 1 amide bonds. The third kappa shape index (κ3) is 5.20. The lowest BCUT2D eigenvalue weighted by atomic mass is 10.1. The van der Waals surface area contributed by atoms with Crippen LogP contribution < -0.4 is 10.6 Å². The molecule has 5 nitrogen and oxygen atoms in total. The van der Waals surface area contributed by atoms with Gasteiger partial charge in [-0.05, 0) is 38.1 Å². The minimum Gasteiger partial charge on any atom is -0.347 e. The number of halogens is 1. The van der Waals surface area contributed by atoms with Gasteiger partial charge in [-0.1, -0.05) is 6.92 Å². The molecule has 1 fully saturated rings. The van der Waals surface area contributed by atoms with E-state index in [2.05, 4.69) is 28.9 Å². The SMILES string of the molecule is CCC(CSC)NC(=O)c1ccn(C2CCCNC2)n1.Cl. The molecule has 1 aromatic heterocycles. The molecule has 0 bridgehead atoms. The van der Waals surface area contributed by atoms with Crippen molar-refractivity contribution < 1.29 is 4.79 Å². The number of hydrogen-bond acceptors (Lipinski definition) is 4. The molecule has 2 atom stereocenters. The lowest BCUT2D eigenvalue weighted by Gasteiger charge is -2.23. The van der Waals surface area contributed by atoms with E-state index in [1.54, 1.807) is 11.8 Å². The van der Waals surface area contributed by atoms with E-state index in [1.165, 1.54) is 0 Å². The van der Waals surface area contributed by atoms with Gasteiger partial charge in [-0.25, -0.2) is 0 Å². The van der Waals surface area contributed by atoms with E-state index in [1.807, 2.05) is 16.9 Å². The molecule has 2 N–H and O–H groups in total. The number of nitrogens with one attached hydrogen (secondary N) is 2. The zero-order valence-electron chi connectivity index (χ0n) is 12.7. The Hall–Kier alpha value is -0.720. The Labute approximate surface area is 137 Å².